The molecular formula is C17H27N5O2S. The summed E-state index contributed by atoms with van der Waals surface area (Å²) >= 11 is 0. The van der Waals surface area contributed by atoms with Crippen LogP contribution in [0, 0.1) is 0 Å². The second-order valence-corrected chi connectivity index (χ2v) is 8.23. The summed E-state index contributed by atoms with van der Waals surface area (Å²) in [5.41, 5.74) is 7.40. The van der Waals surface area contributed by atoms with Gasteiger partial charge < -0.3 is 16.0 Å². The highest BCUT2D eigenvalue weighted by molar-refractivity contribution is 7.89. The molecule has 3 N–H and O–H groups in total. The summed E-state index contributed by atoms with van der Waals surface area (Å²) in [4.78, 5) is 6.67. The Morgan fingerprint density at radius 1 is 1.28 bits per heavy atom. The molecule has 1 aliphatic heterocycles. The van der Waals surface area contributed by atoms with Gasteiger partial charge in [0.2, 0.25) is 10.0 Å². The summed E-state index contributed by atoms with van der Waals surface area (Å²) in [6.07, 6.45) is 0. The number of aliphatic imine (C=N–C) groups is 1. The van der Waals surface area contributed by atoms with E-state index in [1.54, 1.807) is 18.2 Å². The molecule has 0 aliphatic carbocycles. The van der Waals surface area contributed by atoms with E-state index in [2.05, 4.69) is 21.8 Å². The van der Waals surface area contributed by atoms with Crippen LogP contribution >= 0.6 is 0 Å². The molecule has 1 fully saturated rings. The predicted octanol–water partition coefficient (Wildman–Crippen LogP) is 0.603. The molecule has 1 saturated heterocycles. The van der Waals surface area contributed by atoms with E-state index in [0.717, 1.165) is 18.7 Å². The summed E-state index contributed by atoms with van der Waals surface area (Å²) in [5, 5.41) is 2.94. The third-order valence-electron chi connectivity index (χ3n) is 4.04. The van der Waals surface area contributed by atoms with Gasteiger partial charge in [-0.2, -0.15) is 4.31 Å². The SMILES string of the molecule is C=C(C)CNC(N)=NCc1ccccc1S(=O)(=O)N1CCN(C)CC1. The number of guanidine groups is 1. The molecule has 1 heterocycles. The molecule has 25 heavy (non-hydrogen) atoms. The van der Waals surface area contributed by atoms with Crippen LogP contribution in [0.15, 0.2) is 46.3 Å². The Hall–Kier alpha value is -1.90. The smallest absolute Gasteiger partial charge is 0.243 e. The maximum atomic E-state index is 13.0. The third kappa shape index (κ3) is 5.29. The Morgan fingerprint density at radius 3 is 2.56 bits per heavy atom. The Labute approximate surface area is 150 Å². The molecule has 0 radical (unpaired) electrons. The first kappa shape index (κ1) is 19.4. The van der Waals surface area contributed by atoms with E-state index in [0.29, 0.717) is 30.1 Å². The van der Waals surface area contributed by atoms with Crippen molar-refractivity contribution in [3.05, 3.63) is 42.0 Å². The van der Waals surface area contributed by atoms with E-state index in [-0.39, 0.29) is 12.5 Å². The summed E-state index contributed by atoms with van der Waals surface area (Å²) in [6.45, 7) is 8.88. The van der Waals surface area contributed by atoms with Crippen molar-refractivity contribution in [2.75, 3.05) is 39.8 Å². The lowest BCUT2D eigenvalue weighted by Crippen LogP contribution is -2.47. The Morgan fingerprint density at radius 2 is 1.92 bits per heavy atom. The molecule has 0 aromatic heterocycles. The fourth-order valence-corrected chi connectivity index (χ4v) is 4.16. The van der Waals surface area contributed by atoms with Gasteiger partial charge >= 0.3 is 0 Å². The highest BCUT2D eigenvalue weighted by atomic mass is 32.2. The molecule has 0 unspecified atom stereocenters. The summed E-state index contributed by atoms with van der Waals surface area (Å²) < 4.78 is 27.5. The molecule has 1 aliphatic rings. The Bertz CT molecular complexity index is 737. The molecule has 0 atom stereocenters. The van der Waals surface area contributed by atoms with Gasteiger partial charge in [-0.25, -0.2) is 13.4 Å². The van der Waals surface area contributed by atoms with Crippen molar-refractivity contribution in [1.82, 2.24) is 14.5 Å². The first-order valence-corrected chi connectivity index (χ1v) is 9.69. The second-order valence-electron chi connectivity index (χ2n) is 6.33. The van der Waals surface area contributed by atoms with Gasteiger partial charge in [-0.15, -0.1) is 0 Å². The van der Waals surface area contributed by atoms with E-state index in [4.69, 9.17) is 5.73 Å². The number of nitrogens with zero attached hydrogens (tertiary/aromatic N) is 3. The molecule has 0 spiro atoms. The lowest BCUT2D eigenvalue weighted by molar-refractivity contribution is 0.222. The average Bonchev–Trinajstić information content (AvgIpc) is 2.58. The van der Waals surface area contributed by atoms with Crippen molar-refractivity contribution in [2.24, 2.45) is 10.7 Å². The number of nitrogens with one attached hydrogen (secondary N) is 1. The summed E-state index contributed by atoms with van der Waals surface area (Å²) in [7, 11) is -1.53. The first-order valence-electron chi connectivity index (χ1n) is 8.25. The Kier molecular flexibility index (Phi) is 6.57. The van der Waals surface area contributed by atoms with Crippen LogP contribution in [0.5, 0.6) is 0 Å². The number of rotatable bonds is 6. The van der Waals surface area contributed by atoms with Gasteiger partial charge in [0.05, 0.1) is 11.4 Å². The van der Waals surface area contributed by atoms with Gasteiger partial charge in [-0.05, 0) is 25.6 Å². The van der Waals surface area contributed by atoms with Crippen molar-refractivity contribution in [2.45, 2.75) is 18.4 Å². The van der Waals surface area contributed by atoms with E-state index in [1.165, 1.54) is 4.31 Å². The summed E-state index contributed by atoms with van der Waals surface area (Å²) in [6, 6.07) is 6.96. The first-order chi connectivity index (χ1) is 11.8. The molecule has 0 bridgehead atoms. The maximum Gasteiger partial charge on any atom is 0.243 e. The number of hydrogen-bond acceptors (Lipinski definition) is 4. The van der Waals surface area contributed by atoms with E-state index < -0.39 is 10.0 Å². The van der Waals surface area contributed by atoms with Crippen molar-refractivity contribution in [3.8, 4) is 0 Å². The number of likely N-dealkylation sites (N-methyl/N-ethyl adjacent to an activating group) is 1. The highest BCUT2D eigenvalue weighted by Crippen LogP contribution is 2.22. The average molecular weight is 366 g/mol. The molecule has 0 saturated carbocycles. The van der Waals surface area contributed by atoms with Crippen molar-refractivity contribution >= 4 is 16.0 Å². The predicted molar refractivity (Wildman–Crippen MR) is 101 cm³/mol. The van der Waals surface area contributed by atoms with Gasteiger partial charge in [-0.1, -0.05) is 30.4 Å². The lowest BCUT2D eigenvalue weighted by atomic mass is 10.2. The monoisotopic (exact) mass is 365 g/mol. The minimum atomic E-state index is -3.53. The topological polar surface area (TPSA) is 91.0 Å². The summed E-state index contributed by atoms with van der Waals surface area (Å²) in [5.74, 6) is 0.273. The van der Waals surface area contributed by atoms with Gasteiger partial charge in [0.1, 0.15) is 0 Å². The largest absolute Gasteiger partial charge is 0.370 e. The van der Waals surface area contributed by atoms with Gasteiger partial charge in [0.15, 0.2) is 5.96 Å². The van der Waals surface area contributed by atoms with Crippen molar-refractivity contribution in [1.29, 1.82) is 0 Å². The van der Waals surface area contributed by atoms with Crippen LogP contribution in [0.1, 0.15) is 12.5 Å². The Balaban J connectivity index is 2.17. The minimum absolute atomic E-state index is 0.207. The third-order valence-corrected chi connectivity index (χ3v) is 6.04. The number of nitrogens with two attached hydrogens (primary N) is 1. The molecule has 0 amide bonds. The zero-order valence-electron chi connectivity index (χ0n) is 14.9. The zero-order chi connectivity index (χ0) is 18.4. The molecule has 138 valence electrons. The number of piperazine rings is 1. The molecule has 2 rings (SSSR count). The van der Waals surface area contributed by atoms with Crippen LogP contribution in [0.3, 0.4) is 0 Å². The number of benzene rings is 1. The van der Waals surface area contributed by atoms with Gasteiger partial charge in [0, 0.05) is 32.7 Å². The van der Waals surface area contributed by atoms with Crippen molar-refractivity contribution in [3.63, 3.8) is 0 Å². The molecule has 7 nitrogen and oxygen atoms in total. The number of sulfonamides is 1. The number of hydrogen-bond donors (Lipinski definition) is 2. The van der Waals surface area contributed by atoms with Crippen molar-refractivity contribution < 1.29 is 8.42 Å². The lowest BCUT2D eigenvalue weighted by Gasteiger charge is -2.32. The van der Waals surface area contributed by atoms with Crippen LogP contribution in [-0.4, -0.2) is 63.4 Å². The standard InChI is InChI=1S/C17H27N5O2S/c1-14(2)12-19-17(18)20-13-15-6-4-5-7-16(15)25(23,24)22-10-8-21(3)9-11-22/h4-7H,1,8-13H2,2-3H3,(H3,18,19,20). The molecule has 1 aromatic rings. The quantitative estimate of drug-likeness (QED) is 0.438. The van der Waals surface area contributed by atoms with E-state index in [1.807, 2.05) is 20.0 Å². The fourth-order valence-electron chi connectivity index (χ4n) is 2.52. The fraction of sp³-hybridized carbons (Fsp3) is 0.471. The van der Waals surface area contributed by atoms with E-state index >= 15 is 0 Å². The highest BCUT2D eigenvalue weighted by Gasteiger charge is 2.29. The van der Waals surface area contributed by atoms with Gasteiger partial charge in [0.25, 0.3) is 0 Å². The maximum absolute atomic E-state index is 13.0. The van der Waals surface area contributed by atoms with Crippen LogP contribution in [-0.2, 0) is 16.6 Å². The molecule has 1 aromatic carbocycles. The van der Waals surface area contributed by atoms with Crippen LogP contribution in [0.25, 0.3) is 0 Å². The minimum Gasteiger partial charge on any atom is -0.370 e. The van der Waals surface area contributed by atoms with Gasteiger partial charge in [-0.3, -0.25) is 0 Å². The van der Waals surface area contributed by atoms with Crippen LogP contribution in [0.4, 0.5) is 0 Å². The van der Waals surface area contributed by atoms with E-state index in [9.17, 15) is 8.42 Å². The second kappa shape index (κ2) is 8.46. The molecule has 8 heteroatoms. The van der Waals surface area contributed by atoms with Crippen LogP contribution < -0.4 is 11.1 Å². The van der Waals surface area contributed by atoms with Crippen LogP contribution in [0.2, 0.25) is 0 Å². The molecular weight excluding hydrogens is 338 g/mol. The zero-order valence-corrected chi connectivity index (χ0v) is 15.7. The normalized spacial score (nSPS) is 17.4.